The Hall–Kier alpha value is -3.93. The van der Waals surface area contributed by atoms with E-state index in [0.29, 0.717) is 12.1 Å². The summed E-state index contributed by atoms with van der Waals surface area (Å²) in [6.45, 7) is 2.43. The molecule has 0 saturated heterocycles. The smallest absolute Gasteiger partial charge is 0.325 e. The fraction of sp³-hybridized carbons (Fsp3) is 0.300. The third-order valence-electron chi connectivity index (χ3n) is 5.05. The molecule has 0 fully saturated rings. The zero-order valence-corrected chi connectivity index (χ0v) is 19.1. The minimum Gasteiger partial charge on any atom is -0.468 e. The van der Waals surface area contributed by atoms with Gasteiger partial charge < -0.3 is 26.8 Å². The molecule has 0 aliphatic rings. The highest BCUT2D eigenvalue weighted by atomic mass is 35.5. The van der Waals surface area contributed by atoms with Crippen LogP contribution in [-0.2, 0) is 29.7 Å². The maximum absolute atomic E-state index is 12.6. The summed E-state index contributed by atoms with van der Waals surface area (Å²) in [5.41, 5.74) is 13.2. The number of rotatable bonds is 7. The van der Waals surface area contributed by atoms with Crippen LogP contribution in [0.1, 0.15) is 33.6 Å². The molecule has 0 aliphatic carbocycles. The lowest BCUT2D eigenvalue weighted by Crippen LogP contribution is -2.38. The second kappa shape index (κ2) is 9.69. The van der Waals surface area contributed by atoms with Crippen LogP contribution in [0.25, 0.3) is 11.0 Å². The number of amides is 2. The van der Waals surface area contributed by atoms with Crippen LogP contribution >= 0.6 is 11.6 Å². The molecule has 2 amide bonds. The molecular weight excluding hydrogens is 452 g/mol. The number of nitrogens with zero attached hydrogens (tertiary/aromatic N) is 4. The monoisotopic (exact) mass is 475 g/mol. The molecule has 0 bridgehead atoms. The number of imidazole rings is 1. The van der Waals surface area contributed by atoms with E-state index >= 15 is 0 Å². The van der Waals surface area contributed by atoms with E-state index in [1.54, 1.807) is 18.2 Å². The van der Waals surface area contributed by atoms with Gasteiger partial charge in [0.05, 0.1) is 20.7 Å². The summed E-state index contributed by atoms with van der Waals surface area (Å²) >= 11 is 5.86. The van der Waals surface area contributed by atoms with E-state index < -0.39 is 17.8 Å². The number of methoxy groups -OCH3 is 1. The molecule has 0 aliphatic heterocycles. The van der Waals surface area contributed by atoms with Gasteiger partial charge in [0, 0.05) is 11.6 Å². The van der Waals surface area contributed by atoms with Crippen molar-refractivity contribution in [3.8, 4) is 0 Å². The lowest BCUT2D eigenvalue weighted by Gasteiger charge is -2.07. The first kappa shape index (κ1) is 23.7. The Morgan fingerprint density at radius 3 is 2.55 bits per heavy atom. The number of anilines is 2. The second-order valence-electron chi connectivity index (χ2n) is 7.00. The summed E-state index contributed by atoms with van der Waals surface area (Å²) in [6.07, 6.45) is 0. The molecule has 3 aromatic rings. The lowest BCUT2D eigenvalue weighted by molar-refractivity contribution is -0.654. The maximum atomic E-state index is 12.6. The van der Waals surface area contributed by atoms with Gasteiger partial charge in [-0.05, 0) is 19.1 Å². The van der Waals surface area contributed by atoms with Crippen molar-refractivity contribution in [3.05, 3.63) is 40.4 Å². The molecule has 0 radical (unpaired) electrons. The number of carbonyl (C=O) groups is 3. The number of aromatic nitrogens is 4. The van der Waals surface area contributed by atoms with E-state index in [-0.39, 0.29) is 35.6 Å². The minimum atomic E-state index is -0.558. The number of ether oxygens (including phenoxy) is 1. The molecule has 0 atom stereocenters. The van der Waals surface area contributed by atoms with Crippen molar-refractivity contribution in [2.24, 2.45) is 7.05 Å². The largest absolute Gasteiger partial charge is 0.468 e. The molecular formula is C20H24ClN8O4+. The molecule has 1 aromatic carbocycles. The number of aryl methyl sites for hydroxylation is 2. The van der Waals surface area contributed by atoms with Crippen LogP contribution in [0.5, 0.6) is 0 Å². The fourth-order valence-electron chi connectivity index (χ4n) is 3.37. The van der Waals surface area contributed by atoms with Crippen LogP contribution in [0.2, 0.25) is 5.15 Å². The number of hydrogen-bond acceptors (Lipinski definition) is 8. The maximum Gasteiger partial charge on any atom is 0.325 e. The van der Waals surface area contributed by atoms with Crippen molar-refractivity contribution < 1.29 is 23.7 Å². The Kier molecular flexibility index (Phi) is 6.97. The predicted molar refractivity (Wildman–Crippen MR) is 120 cm³/mol. The van der Waals surface area contributed by atoms with E-state index in [1.807, 2.05) is 23.1 Å². The van der Waals surface area contributed by atoms with Gasteiger partial charge in [-0.1, -0.05) is 11.6 Å². The molecule has 2 aromatic heterocycles. The van der Waals surface area contributed by atoms with Crippen LogP contribution in [0.3, 0.4) is 0 Å². The number of halogens is 1. The van der Waals surface area contributed by atoms with E-state index in [4.69, 9.17) is 23.1 Å². The SMILES string of the molecule is CCn1c(CNC(=O)c2nc(Cl)c(N)nc2N)[n+](C)c2ccc(C(=O)NCC(=O)OC)cc21. The zero-order chi connectivity index (χ0) is 24.3. The van der Waals surface area contributed by atoms with Crippen molar-refractivity contribution >= 4 is 52.1 Å². The van der Waals surface area contributed by atoms with Crippen LogP contribution in [0, 0.1) is 0 Å². The van der Waals surface area contributed by atoms with Gasteiger partial charge >= 0.3 is 5.97 Å². The van der Waals surface area contributed by atoms with Crippen LogP contribution in [-0.4, -0.2) is 46.0 Å². The Labute approximate surface area is 193 Å². The zero-order valence-electron chi connectivity index (χ0n) is 18.3. The average molecular weight is 476 g/mol. The van der Waals surface area contributed by atoms with Crippen LogP contribution in [0.4, 0.5) is 11.6 Å². The first-order valence-corrected chi connectivity index (χ1v) is 10.3. The summed E-state index contributed by atoms with van der Waals surface area (Å²) in [7, 11) is 3.10. The standard InChI is InChI=1S/C20H23ClN8O4/c1-4-29-12-7-10(19(31)25-9-14(30)33-3)5-6-11(12)28(2)13(29)8-24-20(32)15-17(22)27-18(23)16(21)26-15/h5-7H,4,8-9H2,1-3H3,(H5-,22,23,24,25,27,31,32)/p+1. The van der Waals surface area contributed by atoms with Crippen molar-refractivity contribution in [2.75, 3.05) is 25.1 Å². The van der Waals surface area contributed by atoms with Gasteiger partial charge in [-0.25, -0.2) is 19.1 Å². The Morgan fingerprint density at radius 1 is 1.15 bits per heavy atom. The van der Waals surface area contributed by atoms with Gasteiger partial charge in [-0.15, -0.1) is 0 Å². The van der Waals surface area contributed by atoms with E-state index in [2.05, 4.69) is 25.3 Å². The number of benzene rings is 1. The summed E-state index contributed by atoms with van der Waals surface area (Å²) in [5.74, 6) is -0.928. The van der Waals surface area contributed by atoms with Crippen molar-refractivity contribution in [1.29, 1.82) is 0 Å². The quantitative estimate of drug-likeness (QED) is 0.271. The highest BCUT2D eigenvalue weighted by Gasteiger charge is 2.25. The molecule has 0 unspecified atom stereocenters. The summed E-state index contributed by atoms with van der Waals surface area (Å²) < 4.78 is 8.39. The molecule has 33 heavy (non-hydrogen) atoms. The molecule has 0 saturated carbocycles. The third kappa shape index (κ3) is 4.80. The predicted octanol–water partition coefficient (Wildman–Crippen LogP) is -0.0737. The van der Waals surface area contributed by atoms with Crippen molar-refractivity contribution in [1.82, 2.24) is 25.2 Å². The number of fused-ring (bicyclic) bond motifs is 1. The second-order valence-corrected chi connectivity index (χ2v) is 7.36. The Morgan fingerprint density at radius 2 is 1.88 bits per heavy atom. The van der Waals surface area contributed by atoms with Crippen molar-refractivity contribution in [3.63, 3.8) is 0 Å². The van der Waals surface area contributed by atoms with Crippen LogP contribution < -0.4 is 26.7 Å². The van der Waals surface area contributed by atoms with Gasteiger partial charge in [0.1, 0.15) is 13.1 Å². The molecule has 6 N–H and O–H groups in total. The highest BCUT2D eigenvalue weighted by molar-refractivity contribution is 6.31. The first-order valence-electron chi connectivity index (χ1n) is 9.90. The average Bonchev–Trinajstić information content (AvgIpc) is 3.07. The van der Waals surface area contributed by atoms with Gasteiger partial charge in [-0.2, -0.15) is 0 Å². The van der Waals surface area contributed by atoms with Gasteiger partial charge in [0.15, 0.2) is 33.5 Å². The lowest BCUT2D eigenvalue weighted by atomic mass is 10.2. The molecule has 174 valence electrons. The highest BCUT2D eigenvalue weighted by Crippen LogP contribution is 2.19. The minimum absolute atomic E-state index is 0.0605. The summed E-state index contributed by atoms with van der Waals surface area (Å²) in [6, 6.07) is 5.17. The van der Waals surface area contributed by atoms with E-state index in [9.17, 15) is 14.4 Å². The van der Waals surface area contributed by atoms with Gasteiger partial charge in [0.25, 0.3) is 17.6 Å². The number of nitrogen functional groups attached to an aromatic ring is 2. The summed E-state index contributed by atoms with van der Waals surface area (Å²) in [4.78, 5) is 44.1. The normalized spacial score (nSPS) is 10.8. The molecule has 13 heteroatoms. The van der Waals surface area contributed by atoms with Gasteiger partial charge in [0.2, 0.25) is 0 Å². The molecule has 2 heterocycles. The number of hydrogen-bond donors (Lipinski definition) is 4. The van der Waals surface area contributed by atoms with Gasteiger partial charge in [-0.3, -0.25) is 14.4 Å². The topological polar surface area (TPSA) is 171 Å². The van der Waals surface area contributed by atoms with Crippen molar-refractivity contribution in [2.45, 2.75) is 20.0 Å². The first-order chi connectivity index (χ1) is 15.7. The molecule has 12 nitrogen and oxygen atoms in total. The third-order valence-corrected chi connectivity index (χ3v) is 5.33. The molecule has 3 rings (SSSR count). The Balaban J connectivity index is 1.87. The van der Waals surface area contributed by atoms with E-state index in [1.165, 1.54) is 7.11 Å². The van der Waals surface area contributed by atoms with Crippen LogP contribution in [0.15, 0.2) is 18.2 Å². The van der Waals surface area contributed by atoms with E-state index in [0.717, 1.165) is 16.9 Å². The molecule has 0 spiro atoms. The fourth-order valence-corrected chi connectivity index (χ4v) is 3.50. The number of nitrogens with one attached hydrogen (secondary N) is 2. The Bertz CT molecular complexity index is 1260. The summed E-state index contributed by atoms with van der Waals surface area (Å²) in [5, 5.41) is 5.17. The number of esters is 1. The number of nitrogens with two attached hydrogens (primary N) is 2. The number of carbonyl (C=O) groups excluding carboxylic acids is 3.